The van der Waals surface area contributed by atoms with E-state index in [9.17, 15) is 0 Å². The fourth-order valence-electron chi connectivity index (χ4n) is 2.10. The first-order chi connectivity index (χ1) is 10.4. The van der Waals surface area contributed by atoms with Gasteiger partial charge in [0.2, 0.25) is 0 Å². The summed E-state index contributed by atoms with van der Waals surface area (Å²) in [4.78, 5) is 8.80. The predicted octanol–water partition coefficient (Wildman–Crippen LogP) is 3.54. The van der Waals surface area contributed by atoms with Gasteiger partial charge in [-0.05, 0) is 11.6 Å². The minimum absolute atomic E-state index is 0.852. The number of nitrogens with one attached hydrogen (secondary N) is 1. The Kier molecular flexibility index (Phi) is 4.71. The van der Waals surface area contributed by atoms with E-state index in [2.05, 4.69) is 33.9 Å². The van der Waals surface area contributed by atoms with Gasteiger partial charge >= 0.3 is 0 Å². The van der Waals surface area contributed by atoms with Gasteiger partial charge in [-0.1, -0.05) is 36.4 Å². The van der Waals surface area contributed by atoms with E-state index >= 15 is 0 Å². The summed E-state index contributed by atoms with van der Waals surface area (Å²) in [5.41, 5.74) is 3.47. The van der Waals surface area contributed by atoms with Crippen molar-refractivity contribution in [1.29, 1.82) is 0 Å². The second kappa shape index (κ2) is 7.11. The molecule has 3 rings (SSSR count). The quantitative estimate of drug-likeness (QED) is 0.707. The number of nitrogens with zero attached hydrogens (tertiary/aromatic N) is 2. The maximum absolute atomic E-state index is 4.69. The number of rotatable bonds is 6. The van der Waals surface area contributed by atoms with Gasteiger partial charge in [-0.2, -0.15) is 0 Å². The molecule has 0 atom stereocenters. The molecule has 0 amide bonds. The molecule has 0 bridgehead atoms. The number of pyridine rings is 1. The Morgan fingerprint density at radius 2 is 1.95 bits per heavy atom. The van der Waals surface area contributed by atoms with E-state index in [0.717, 1.165) is 25.2 Å². The standard InChI is InChI=1S/C17H17N3S/c1-2-6-15(7-3-1)16-13-21-17(20-16)8-10-19-12-14-5-4-9-18-11-14/h1-7,9,11,13,19H,8,10,12H2. The van der Waals surface area contributed by atoms with E-state index in [1.807, 2.05) is 30.5 Å². The maximum Gasteiger partial charge on any atom is 0.0945 e. The molecule has 0 unspecified atom stereocenters. The molecule has 0 spiro atoms. The first-order valence-corrected chi connectivity index (χ1v) is 7.89. The number of hydrogen-bond acceptors (Lipinski definition) is 4. The van der Waals surface area contributed by atoms with Crippen molar-refractivity contribution in [1.82, 2.24) is 15.3 Å². The van der Waals surface area contributed by atoms with Gasteiger partial charge in [0.1, 0.15) is 0 Å². The predicted molar refractivity (Wildman–Crippen MR) is 87.2 cm³/mol. The lowest BCUT2D eigenvalue weighted by Gasteiger charge is -2.02. The maximum atomic E-state index is 4.69. The summed E-state index contributed by atoms with van der Waals surface area (Å²) in [7, 11) is 0. The monoisotopic (exact) mass is 295 g/mol. The third-order valence-corrected chi connectivity index (χ3v) is 4.10. The first kappa shape index (κ1) is 13.9. The Bertz CT molecular complexity index is 665. The molecule has 0 fully saturated rings. The highest BCUT2D eigenvalue weighted by atomic mass is 32.1. The average Bonchev–Trinajstić information content (AvgIpc) is 3.02. The van der Waals surface area contributed by atoms with Crippen molar-refractivity contribution in [2.75, 3.05) is 6.54 Å². The normalized spacial score (nSPS) is 10.7. The average molecular weight is 295 g/mol. The number of aromatic nitrogens is 2. The van der Waals surface area contributed by atoms with E-state index in [-0.39, 0.29) is 0 Å². The van der Waals surface area contributed by atoms with Gasteiger partial charge in [0.15, 0.2) is 0 Å². The Morgan fingerprint density at radius 3 is 2.76 bits per heavy atom. The van der Waals surface area contributed by atoms with Crippen LogP contribution >= 0.6 is 11.3 Å². The molecule has 3 aromatic rings. The van der Waals surface area contributed by atoms with Crippen molar-refractivity contribution in [3.05, 3.63) is 70.8 Å². The van der Waals surface area contributed by atoms with E-state index in [1.165, 1.54) is 16.1 Å². The molecule has 0 aliphatic carbocycles. The summed E-state index contributed by atoms with van der Waals surface area (Å²) in [6.45, 7) is 1.78. The van der Waals surface area contributed by atoms with Crippen LogP contribution in [0.4, 0.5) is 0 Å². The summed E-state index contributed by atoms with van der Waals surface area (Å²) in [5, 5.41) is 6.73. The van der Waals surface area contributed by atoms with Crippen molar-refractivity contribution < 1.29 is 0 Å². The van der Waals surface area contributed by atoms with E-state index < -0.39 is 0 Å². The lowest BCUT2D eigenvalue weighted by Crippen LogP contribution is -2.16. The Labute approximate surface area is 128 Å². The molecule has 2 heterocycles. The molecule has 1 aromatic carbocycles. The molecule has 0 radical (unpaired) electrons. The third kappa shape index (κ3) is 3.97. The Hall–Kier alpha value is -2.04. The lowest BCUT2D eigenvalue weighted by atomic mass is 10.2. The third-order valence-electron chi connectivity index (χ3n) is 3.19. The number of hydrogen-bond donors (Lipinski definition) is 1. The van der Waals surface area contributed by atoms with Crippen LogP contribution in [0.25, 0.3) is 11.3 Å². The van der Waals surface area contributed by atoms with Gasteiger partial charge < -0.3 is 5.32 Å². The van der Waals surface area contributed by atoms with Crippen LogP contribution in [0.5, 0.6) is 0 Å². The lowest BCUT2D eigenvalue weighted by molar-refractivity contribution is 0.684. The summed E-state index contributed by atoms with van der Waals surface area (Å²) in [6.07, 6.45) is 4.64. The highest BCUT2D eigenvalue weighted by molar-refractivity contribution is 7.09. The molecule has 21 heavy (non-hydrogen) atoms. The van der Waals surface area contributed by atoms with Crippen molar-refractivity contribution in [3.8, 4) is 11.3 Å². The minimum atomic E-state index is 0.852. The zero-order chi connectivity index (χ0) is 14.3. The Balaban J connectivity index is 1.49. The van der Waals surface area contributed by atoms with Gasteiger partial charge in [-0.3, -0.25) is 4.98 Å². The zero-order valence-electron chi connectivity index (χ0n) is 11.7. The molecule has 0 saturated carbocycles. The topological polar surface area (TPSA) is 37.8 Å². The molecule has 0 aliphatic heterocycles. The van der Waals surface area contributed by atoms with Crippen molar-refractivity contribution >= 4 is 11.3 Å². The highest BCUT2D eigenvalue weighted by Gasteiger charge is 2.03. The summed E-state index contributed by atoms with van der Waals surface area (Å²) in [5.74, 6) is 0. The van der Waals surface area contributed by atoms with Gasteiger partial charge in [-0.25, -0.2) is 4.98 Å². The van der Waals surface area contributed by atoms with Crippen LogP contribution in [-0.4, -0.2) is 16.5 Å². The Morgan fingerprint density at radius 1 is 1.05 bits per heavy atom. The van der Waals surface area contributed by atoms with Crippen LogP contribution in [0.2, 0.25) is 0 Å². The molecule has 1 N–H and O–H groups in total. The van der Waals surface area contributed by atoms with Crippen LogP contribution in [0, 0.1) is 0 Å². The molecule has 106 valence electrons. The van der Waals surface area contributed by atoms with E-state index in [4.69, 9.17) is 4.98 Å². The van der Waals surface area contributed by atoms with Gasteiger partial charge in [-0.15, -0.1) is 11.3 Å². The molecule has 2 aromatic heterocycles. The second-order valence-electron chi connectivity index (χ2n) is 4.78. The van der Waals surface area contributed by atoms with Crippen LogP contribution in [-0.2, 0) is 13.0 Å². The van der Waals surface area contributed by atoms with Crippen LogP contribution in [0.1, 0.15) is 10.6 Å². The smallest absolute Gasteiger partial charge is 0.0945 e. The number of thiazole rings is 1. The molecule has 3 nitrogen and oxygen atoms in total. The second-order valence-corrected chi connectivity index (χ2v) is 5.72. The van der Waals surface area contributed by atoms with E-state index in [0.29, 0.717) is 0 Å². The fourth-order valence-corrected chi connectivity index (χ4v) is 2.91. The summed E-state index contributed by atoms with van der Waals surface area (Å²) < 4.78 is 0. The summed E-state index contributed by atoms with van der Waals surface area (Å²) >= 11 is 1.73. The number of benzene rings is 1. The molecule has 0 saturated heterocycles. The first-order valence-electron chi connectivity index (χ1n) is 7.01. The van der Waals surface area contributed by atoms with Crippen LogP contribution in [0.15, 0.2) is 60.2 Å². The van der Waals surface area contributed by atoms with Gasteiger partial charge in [0, 0.05) is 42.8 Å². The van der Waals surface area contributed by atoms with Crippen LogP contribution in [0.3, 0.4) is 0 Å². The van der Waals surface area contributed by atoms with Crippen molar-refractivity contribution in [3.63, 3.8) is 0 Å². The van der Waals surface area contributed by atoms with Crippen molar-refractivity contribution in [2.24, 2.45) is 0 Å². The minimum Gasteiger partial charge on any atom is -0.312 e. The molecular weight excluding hydrogens is 278 g/mol. The highest BCUT2D eigenvalue weighted by Crippen LogP contribution is 2.21. The molecule has 0 aliphatic rings. The van der Waals surface area contributed by atoms with Gasteiger partial charge in [0.05, 0.1) is 10.7 Å². The van der Waals surface area contributed by atoms with Crippen molar-refractivity contribution in [2.45, 2.75) is 13.0 Å². The molecular formula is C17H17N3S. The van der Waals surface area contributed by atoms with Crippen LogP contribution < -0.4 is 5.32 Å². The summed E-state index contributed by atoms with van der Waals surface area (Å²) in [6, 6.07) is 14.4. The van der Waals surface area contributed by atoms with Gasteiger partial charge in [0.25, 0.3) is 0 Å². The molecule has 4 heteroatoms. The fraction of sp³-hybridized carbons (Fsp3) is 0.176. The largest absolute Gasteiger partial charge is 0.312 e. The van der Waals surface area contributed by atoms with E-state index in [1.54, 1.807) is 17.5 Å². The SMILES string of the molecule is c1ccc(-c2csc(CCNCc3cccnc3)n2)cc1. The zero-order valence-corrected chi connectivity index (χ0v) is 12.5.